The van der Waals surface area contributed by atoms with Gasteiger partial charge in [0.15, 0.2) is 0 Å². The Morgan fingerprint density at radius 3 is 2.03 bits per heavy atom. The molecule has 4 heterocycles. The lowest BCUT2D eigenvalue weighted by Gasteiger charge is -2.29. The predicted molar refractivity (Wildman–Crippen MR) is 151 cm³/mol. The molecule has 0 saturated carbocycles. The number of fused-ring (bicyclic) bond motifs is 1. The second-order valence-electron chi connectivity index (χ2n) is 9.25. The highest BCUT2D eigenvalue weighted by Gasteiger charge is 2.14. The van der Waals surface area contributed by atoms with Crippen molar-refractivity contribution in [1.29, 1.82) is 0 Å². The smallest absolute Gasteiger partial charge is 0.268 e. The summed E-state index contributed by atoms with van der Waals surface area (Å²) in [6.07, 6.45) is 3.32. The van der Waals surface area contributed by atoms with Gasteiger partial charge in [-0.1, -0.05) is 6.07 Å². The highest BCUT2D eigenvalue weighted by Crippen LogP contribution is 2.24. The third-order valence-corrected chi connectivity index (χ3v) is 6.84. The maximum absolute atomic E-state index is 13.4. The fraction of sp³-hybridized carbons (Fsp3) is 0.276. The molecule has 0 aliphatic carbocycles. The number of morpholine rings is 2. The van der Waals surface area contributed by atoms with Crippen LogP contribution in [0.3, 0.4) is 0 Å². The molecular weight excluding hydrogens is 480 g/mol. The van der Waals surface area contributed by atoms with Crippen molar-refractivity contribution in [2.75, 3.05) is 67.7 Å². The molecule has 2 saturated heterocycles. The molecule has 0 spiro atoms. The van der Waals surface area contributed by atoms with Gasteiger partial charge in [-0.3, -0.25) is 14.2 Å². The Bertz CT molecular complexity index is 1470. The summed E-state index contributed by atoms with van der Waals surface area (Å²) < 4.78 is 12.4. The number of anilines is 4. The molecule has 194 valence electrons. The average Bonchev–Trinajstić information content (AvgIpc) is 2.99. The molecule has 6 rings (SSSR count). The maximum atomic E-state index is 13.4. The molecule has 2 aliphatic heterocycles. The number of hydrogen-bond acceptors (Lipinski definition) is 8. The Labute approximate surface area is 221 Å². The average molecular weight is 511 g/mol. The Morgan fingerprint density at radius 1 is 0.789 bits per heavy atom. The summed E-state index contributed by atoms with van der Waals surface area (Å²) in [6, 6.07) is 21.7. The molecule has 0 amide bonds. The molecular formula is C29H30N6O3. The summed E-state index contributed by atoms with van der Waals surface area (Å²) in [4.78, 5) is 27.4. The molecule has 0 atom stereocenters. The summed E-state index contributed by atoms with van der Waals surface area (Å²) >= 11 is 0. The lowest BCUT2D eigenvalue weighted by molar-refractivity contribution is 0.122. The number of rotatable bonds is 6. The van der Waals surface area contributed by atoms with Crippen molar-refractivity contribution >= 4 is 40.4 Å². The first-order valence-corrected chi connectivity index (χ1v) is 12.9. The standard InChI is InChI=1S/C29H30N6O3/c36-29-26(21-30-22-4-8-24(9-5-22)33-13-17-37-18-14-33)28(32-27-3-1-2-12-35(27)29)31-23-6-10-25(11-7-23)34-15-19-38-20-16-34/h1-12,21,31H,13-20H2. The summed E-state index contributed by atoms with van der Waals surface area (Å²) in [7, 11) is 0. The highest BCUT2D eigenvalue weighted by atomic mass is 16.5. The van der Waals surface area contributed by atoms with E-state index in [1.54, 1.807) is 12.4 Å². The minimum atomic E-state index is -0.184. The highest BCUT2D eigenvalue weighted by molar-refractivity contribution is 5.89. The number of hydrogen-bond donors (Lipinski definition) is 1. The first-order valence-electron chi connectivity index (χ1n) is 12.9. The van der Waals surface area contributed by atoms with Crippen LogP contribution in [0, 0.1) is 0 Å². The molecule has 1 N–H and O–H groups in total. The third-order valence-electron chi connectivity index (χ3n) is 6.84. The molecule has 9 nitrogen and oxygen atoms in total. The molecule has 4 aromatic rings. The van der Waals surface area contributed by atoms with Crippen LogP contribution >= 0.6 is 0 Å². The largest absolute Gasteiger partial charge is 0.378 e. The van der Waals surface area contributed by atoms with E-state index < -0.39 is 0 Å². The van der Waals surface area contributed by atoms with Crippen LogP contribution in [-0.2, 0) is 9.47 Å². The van der Waals surface area contributed by atoms with Crippen molar-refractivity contribution in [3.63, 3.8) is 0 Å². The molecule has 0 bridgehead atoms. The van der Waals surface area contributed by atoms with Gasteiger partial charge >= 0.3 is 0 Å². The zero-order valence-electron chi connectivity index (χ0n) is 21.1. The van der Waals surface area contributed by atoms with E-state index in [-0.39, 0.29) is 5.56 Å². The van der Waals surface area contributed by atoms with Crippen LogP contribution in [0.25, 0.3) is 5.65 Å². The third kappa shape index (κ3) is 5.25. The first-order chi connectivity index (χ1) is 18.7. The van der Waals surface area contributed by atoms with Crippen LogP contribution in [0.5, 0.6) is 0 Å². The molecule has 38 heavy (non-hydrogen) atoms. The number of nitrogens with one attached hydrogen (secondary N) is 1. The zero-order chi connectivity index (χ0) is 25.7. The lowest BCUT2D eigenvalue weighted by Crippen LogP contribution is -2.36. The Balaban J connectivity index is 1.28. The molecule has 9 heteroatoms. The van der Waals surface area contributed by atoms with Crippen LogP contribution in [0.15, 0.2) is 82.7 Å². The van der Waals surface area contributed by atoms with Crippen LogP contribution in [0.1, 0.15) is 5.56 Å². The van der Waals surface area contributed by atoms with E-state index in [0.29, 0.717) is 17.0 Å². The number of aromatic nitrogens is 2. The summed E-state index contributed by atoms with van der Waals surface area (Å²) in [5.41, 5.74) is 4.67. The maximum Gasteiger partial charge on any atom is 0.268 e. The summed E-state index contributed by atoms with van der Waals surface area (Å²) in [5.74, 6) is 0.467. The Kier molecular flexibility index (Phi) is 7.01. The van der Waals surface area contributed by atoms with Crippen molar-refractivity contribution in [3.05, 3.63) is 88.8 Å². The van der Waals surface area contributed by atoms with E-state index in [1.807, 2.05) is 42.5 Å². The second kappa shape index (κ2) is 11.0. The normalized spacial score (nSPS) is 16.3. The molecule has 0 unspecified atom stereocenters. The number of nitrogens with zero attached hydrogens (tertiary/aromatic N) is 5. The van der Waals surface area contributed by atoms with Gasteiger partial charge in [-0.25, -0.2) is 4.98 Å². The SMILES string of the molecule is O=c1c(C=Nc2ccc(N3CCOCC3)cc2)c(Nc2ccc(N3CCOCC3)cc2)nc2ccccn12. The number of pyridine rings is 1. The predicted octanol–water partition coefficient (Wildman–Crippen LogP) is 3.86. The number of benzene rings is 2. The second-order valence-corrected chi connectivity index (χ2v) is 9.25. The Hall–Kier alpha value is -4.21. The van der Waals surface area contributed by atoms with E-state index in [4.69, 9.17) is 14.5 Å². The van der Waals surface area contributed by atoms with E-state index in [0.717, 1.165) is 75.4 Å². The minimum Gasteiger partial charge on any atom is -0.378 e. The van der Waals surface area contributed by atoms with Crippen LogP contribution < -0.4 is 20.7 Å². The van der Waals surface area contributed by atoms with Crippen molar-refractivity contribution in [2.24, 2.45) is 4.99 Å². The summed E-state index contributed by atoms with van der Waals surface area (Å²) in [5, 5.41) is 3.35. The van der Waals surface area contributed by atoms with Gasteiger partial charge < -0.3 is 24.6 Å². The Morgan fingerprint density at radius 2 is 1.39 bits per heavy atom. The van der Waals surface area contributed by atoms with Crippen molar-refractivity contribution in [2.45, 2.75) is 0 Å². The van der Waals surface area contributed by atoms with E-state index in [1.165, 1.54) is 4.40 Å². The van der Waals surface area contributed by atoms with Gasteiger partial charge in [0.2, 0.25) is 0 Å². The van der Waals surface area contributed by atoms with Gasteiger partial charge in [0.1, 0.15) is 17.0 Å². The van der Waals surface area contributed by atoms with Gasteiger partial charge in [0.25, 0.3) is 5.56 Å². The van der Waals surface area contributed by atoms with E-state index in [9.17, 15) is 4.79 Å². The van der Waals surface area contributed by atoms with Crippen LogP contribution in [0.2, 0.25) is 0 Å². The topological polar surface area (TPSA) is 83.7 Å². The number of aliphatic imine (C=N–C) groups is 1. The molecule has 2 aromatic heterocycles. The zero-order valence-corrected chi connectivity index (χ0v) is 21.1. The van der Waals surface area contributed by atoms with Gasteiger partial charge in [-0.15, -0.1) is 0 Å². The van der Waals surface area contributed by atoms with Crippen molar-refractivity contribution in [3.8, 4) is 0 Å². The van der Waals surface area contributed by atoms with Gasteiger partial charge in [-0.2, -0.15) is 0 Å². The van der Waals surface area contributed by atoms with Crippen molar-refractivity contribution < 1.29 is 9.47 Å². The van der Waals surface area contributed by atoms with Gasteiger partial charge in [0, 0.05) is 55.7 Å². The molecule has 0 radical (unpaired) electrons. The lowest BCUT2D eigenvalue weighted by atomic mass is 10.2. The summed E-state index contributed by atoms with van der Waals surface area (Å²) in [6.45, 7) is 6.48. The van der Waals surface area contributed by atoms with Crippen LogP contribution in [-0.4, -0.2) is 68.2 Å². The van der Waals surface area contributed by atoms with Gasteiger partial charge in [-0.05, 0) is 60.7 Å². The van der Waals surface area contributed by atoms with Crippen LogP contribution in [0.4, 0.5) is 28.6 Å². The first kappa shape index (κ1) is 24.1. The fourth-order valence-electron chi connectivity index (χ4n) is 4.74. The molecule has 2 aromatic carbocycles. The monoisotopic (exact) mass is 510 g/mol. The van der Waals surface area contributed by atoms with Crippen molar-refractivity contribution in [1.82, 2.24) is 9.38 Å². The number of ether oxygens (including phenoxy) is 2. The molecule has 2 fully saturated rings. The minimum absolute atomic E-state index is 0.184. The quantitative estimate of drug-likeness (QED) is 0.395. The van der Waals surface area contributed by atoms with E-state index in [2.05, 4.69) is 44.4 Å². The fourth-order valence-corrected chi connectivity index (χ4v) is 4.74. The van der Waals surface area contributed by atoms with Gasteiger partial charge in [0.05, 0.1) is 32.1 Å². The van der Waals surface area contributed by atoms with E-state index >= 15 is 0 Å². The molecule has 2 aliphatic rings.